The third-order valence-electron chi connectivity index (χ3n) is 2.65. The second-order valence-corrected chi connectivity index (χ2v) is 4.32. The Morgan fingerprint density at radius 1 is 1.24 bits per heavy atom. The normalized spacial score (nSPS) is 23.9. The van der Waals surface area contributed by atoms with Crippen molar-refractivity contribution in [2.24, 2.45) is 0 Å². The Hall–Kier alpha value is -1.29. The summed E-state index contributed by atoms with van der Waals surface area (Å²) >= 11 is 0. The molecule has 3 N–H and O–H groups in total. The van der Waals surface area contributed by atoms with Crippen LogP contribution in [0.3, 0.4) is 0 Å². The van der Waals surface area contributed by atoms with Crippen LogP contribution in [0.5, 0.6) is 0 Å². The molecular formula is C13H24N4. The fourth-order valence-corrected chi connectivity index (χ4v) is 2.10. The molecule has 0 spiro atoms. The summed E-state index contributed by atoms with van der Waals surface area (Å²) in [6.45, 7) is 10.4. The molecule has 0 bridgehead atoms. The van der Waals surface area contributed by atoms with E-state index in [-0.39, 0.29) is 0 Å². The molecule has 1 fully saturated rings. The highest BCUT2D eigenvalue weighted by Crippen LogP contribution is 2.15. The lowest BCUT2D eigenvalue weighted by Gasteiger charge is -2.36. The molecule has 1 aromatic rings. The lowest BCUT2D eigenvalue weighted by Crippen LogP contribution is -2.54. The zero-order chi connectivity index (χ0) is 12.8. The van der Waals surface area contributed by atoms with E-state index in [1.807, 2.05) is 26.0 Å². The van der Waals surface area contributed by atoms with E-state index in [4.69, 9.17) is 5.73 Å². The van der Waals surface area contributed by atoms with Gasteiger partial charge in [0, 0.05) is 25.2 Å². The summed E-state index contributed by atoms with van der Waals surface area (Å²) in [6.07, 6.45) is 1.71. The second-order valence-electron chi connectivity index (χ2n) is 4.32. The molecule has 96 valence electrons. The van der Waals surface area contributed by atoms with Crippen LogP contribution in [0.15, 0.2) is 18.3 Å². The van der Waals surface area contributed by atoms with E-state index in [2.05, 4.69) is 29.0 Å². The van der Waals surface area contributed by atoms with E-state index in [9.17, 15) is 0 Å². The van der Waals surface area contributed by atoms with E-state index >= 15 is 0 Å². The maximum atomic E-state index is 5.62. The number of hydrogen-bond donors (Lipinski definition) is 2. The van der Waals surface area contributed by atoms with Crippen molar-refractivity contribution in [1.29, 1.82) is 0 Å². The first-order valence-electron chi connectivity index (χ1n) is 6.37. The van der Waals surface area contributed by atoms with Gasteiger partial charge in [-0.25, -0.2) is 4.98 Å². The molecule has 1 saturated heterocycles. The summed E-state index contributed by atoms with van der Waals surface area (Å²) in [5.74, 6) is 1.02. The molecular weight excluding hydrogens is 212 g/mol. The highest BCUT2D eigenvalue weighted by molar-refractivity contribution is 5.46. The van der Waals surface area contributed by atoms with Crippen molar-refractivity contribution in [1.82, 2.24) is 10.3 Å². The highest BCUT2D eigenvalue weighted by Gasteiger charge is 2.21. The average molecular weight is 236 g/mol. The lowest BCUT2D eigenvalue weighted by atomic mass is 10.1. The number of nitrogens with two attached hydrogens (primary N) is 1. The summed E-state index contributed by atoms with van der Waals surface area (Å²) in [5.41, 5.74) is 6.34. The summed E-state index contributed by atoms with van der Waals surface area (Å²) in [6, 6.07) is 4.90. The first-order valence-corrected chi connectivity index (χ1v) is 6.37. The van der Waals surface area contributed by atoms with Crippen LogP contribution in [0.25, 0.3) is 0 Å². The fourth-order valence-electron chi connectivity index (χ4n) is 2.10. The number of rotatable bonds is 1. The largest absolute Gasteiger partial charge is 0.397 e. The maximum Gasteiger partial charge on any atom is 0.128 e. The van der Waals surface area contributed by atoms with Crippen molar-refractivity contribution in [2.45, 2.75) is 39.8 Å². The van der Waals surface area contributed by atoms with Crippen LogP contribution >= 0.6 is 0 Å². The summed E-state index contributed by atoms with van der Waals surface area (Å²) in [4.78, 5) is 6.64. The van der Waals surface area contributed by atoms with E-state index in [0.717, 1.165) is 24.6 Å². The van der Waals surface area contributed by atoms with E-state index in [1.54, 1.807) is 6.20 Å². The summed E-state index contributed by atoms with van der Waals surface area (Å²) < 4.78 is 0. The topological polar surface area (TPSA) is 54.2 Å². The van der Waals surface area contributed by atoms with E-state index in [0.29, 0.717) is 12.1 Å². The Morgan fingerprint density at radius 3 is 2.29 bits per heavy atom. The molecule has 2 heterocycles. The van der Waals surface area contributed by atoms with Gasteiger partial charge in [-0.2, -0.15) is 0 Å². The monoisotopic (exact) mass is 236 g/mol. The summed E-state index contributed by atoms with van der Waals surface area (Å²) in [5, 5.41) is 3.50. The van der Waals surface area contributed by atoms with Gasteiger partial charge in [-0.05, 0) is 26.0 Å². The fraction of sp³-hybridized carbons (Fsp3) is 0.615. The van der Waals surface area contributed by atoms with Gasteiger partial charge < -0.3 is 16.0 Å². The molecule has 0 radical (unpaired) electrons. The van der Waals surface area contributed by atoms with Crippen molar-refractivity contribution >= 4 is 11.5 Å². The standard InChI is InChI=1S/C11H18N4.C2H6/c1-8-6-15(7-9(2)14-8)11-4-3-10(12)5-13-11;1-2/h3-5,8-9,14H,6-7,12H2,1-2H3;1-2H3/t8-,9+;. The maximum absolute atomic E-state index is 5.62. The van der Waals surface area contributed by atoms with Crippen LogP contribution < -0.4 is 16.0 Å². The first kappa shape index (κ1) is 13.8. The molecule has 4 heteroatoms. The molecule has 4 nitrogen and oxygen atoms in total. The molecule has 1 aliphatic rings. The Labute approximate surface area is 104 Å². The number of aromatic nitrogens is 1. The molecule has 1 aliphatic heterocycles. The Kier molecular flexibility index (Phi) is 5.22. The van der Waals surface area contributed by atoms with Crippen molar-refractivity contribution < 1.29 is 0 Å². The number of piperazine rings is 1. The predicted molar refractivity (Wildman–Crippen MR) is 74.3 cm³/mol. The van der Waals surface area contributed by atoms with Crippen LogP contribution in [0.1, 0.15) is 27.7 Å². The number of nitrogen functional groups attached to an aromatic ring is 1. The summed E-state index contributed by atoms with van der Waals surface area (Å²) in [7, 11) is 0. The van der Waals surface area contributed by atoms with Crippen molar-refractivity contribution in [3.8, 4) is 0 Å². The zero-order valence-corrected chi connectivity index (χ0v) is 11.3. The predicted octanol–water partition coefficient (Wildman–Crippen LogP) is 1.88. The molecule has 0 amide bonds. The van der Waals surface area contributed by atoms with Gasteiger partial charge >= 0.3 is 0 Å². The van der Waals surface area contributed by atoms with Gasteiger partial charge in [0.2, 0.25) is 0 Å². The average Bonchev–Trinajstić information content (AvgIpc) is 2.31. The van der Waals surface area contributed by atoms with Gasteiger partial charge in [0.05, 0.1) is 11.9 Å². The van der Waals surface area contributed by atoms with Crippen molar-refractivity contribution in [3.05, 3.63) is 18.3 Å². The van der Waals surface area contributed by atoms with Gasteiger partial charge in [-0.3, -0.25) is 0 Å². The molecule has 2 atom stereocenters. The van der Waals surface area contributed by atoms with Gasteiger partial charge in [0.15, 0.2) is 0 Å². The third kappa shape index (κ3) is 3.89. The van der Waals surface area contributed by atoms with Crippen LogP contribution in [0.2, 0.25) is 0 Å². The Bertz CT molecular complexity index is 313. The molecule has 17 heavy (non-hydrogen) atoms. The SMILES string of the molecule is CC.C[C@@H]1CN(c2ccc(N)cn2)C[C@H](C)N1. The number of nitrogens with zero attached hydrogens (tertiary/aromatic N) is 2. The number of anilines is 2. The smallest absolute Gasteiger partial charge is 0.128 e. The van der Waals surface area contributed by atoms with Gasteiger partial charge in [0.25, 0.3) is 0 Å². The van der Waals surface area contributed by atoms with Crippen LogP contribution in [0, 0.1) is 0 Å². The quantitative estimate of drug-likeness (QED) is 0.781. The minimum atomic E-state index is 0.508. The molecule has 0 unspecified atom stereocenters. The number of pyridine rings is 1. The Balaban J connectivity index is 0.000000686. The van der Waals surface area contributed by atoms with Crippen molar-refractivity contribution in [3.63, 3.8) is 0 Å². The van der Waals surface area contributed by atoms with Crippen LogP contribution in [-0.2, 0) is 0 Å². The molecule has 0 aromatic carbocycles. The highest BCUT2D eigenvalue weighted by atomic mass is 15.2. The minimum Gasteiger partial charge on any atom is -0.397 e. The zero-order valence-electron chi connectivity index (χ0n) is 11.3. The number of nitrogens with one attached hydrogen (secondary N) is 1. The Morgan fingerprint density at radius 2 is 1.82 bits per heavy atom. The van der Waals surface area contributed by atoms with Gasteiger partial charge in [-0.1, -0.05) is 13.8 Å². The third-order valence-corrected chi connectivity index (χ3v) is 2.65. The van der Waals surface area contributed by atoms with E-state index in [1.165, 1.54) is 0 Å². The second kappa shape index (κ2) is 6.45. The molecule has 2 rings (SSSR count). The molecule has 0 aliphatic carbocycles. The van der Waals surface area contributed by atoms with Crippen LogP contribution in [0.4, 0.5) is 11.5 Å². The molecule has 1 aromatic heterocycles. The van der Waals surface area contributed by atoms with Gasteiger partial charge in [-0.15, -0.1) is 0 Å². The number of hydrogen-bond acceptors (Lipinski definition) is 4. The van der Waals surface area contributed by atoms with Gasteiger partial charge in [0.1, 0.15) is 5.82 Å². The molecule has 0 saturated carbocycles. The van der Waals surface area contributed by atoms with Crippen LogP contribution in [-0.4, -0.2) is 30.2 Å². The van der Waals surface area contributed by atoms with Crippen molar-refractivity contribution in [2.75, 3.05) is 23.7 Å². The first-order chi connectivity index (χ1) is 8.15. The van der Waals surface area contributed by atoms with E-state index < -0.39 is 0 Å². The minimum absolute atomic E-state index is 0.508. The lowest BCUT2D eigenvalue weighted by molar-refractivity contribution is 0.405.